The van der Waals surface area contributed by atoms with Crippen molar-refractivity contribution in [3.05, 3.63) is 52.0 Å². The van der Waals surface area contributed by atoms with Crippen LogP contribution in [-0.4, -0.2) is 12.8 Å². The summed E-state index contributed by atoms with van der Waals surface area (Å²) in [4.78, 5) is 11.8. The van der Waals surface area contributed by atoms with Gasteiger partial charge in [0.2, 0.25) is 0 Å². The summed E-state index contributed by atoms with van der Waals surface area (Å²) in [6, 6.07) is 9.78. The number of benzene rings is 2. The van der Waals surface area contributed by atoms with Crippen LogP contribution >= 0.6 is 23.2 Å². The van der Waals surface area contributed by atoms with Gasteiger partial charge < -0.3 is 21.1 Å². The number of carbonyl (C=O) groups is 1. The van der Waals surface area contributed by atoms with Crippen molar-refractivity contribution in [2.24, 2.45) is 0 Å². The minimum absolute atomic E-state index is 0.0427. The first-order valence-electron chi connectivity index (χ1n) is 6.44. The van der Waals surface area contributed by atoms with E-state index in [1.54, 1.807) is 30.3 Å². The van der Waals surface area contributed by atoms with Crippen molar-refractivity contribution in [3.63, 3.8) is 0 Å². The van der Waals surface area contributed by atoms with E-state index in [-0.39, 0.29) is 6.73 Å². The average Bonchev–Trinajstić information content (AvgIpc) is 2.44. The lowest BCUT2D eigenvalue weighted by Crippen LogP contribution is -2.32. The van der Waals surface area contributed by atoms with E-state index < -0.39 is 6.03 Å². The molecule has 22 heavy (non-hydrogen) atoms. The van der Waals surface area contributed by atoms with Crippen LogP contribution in [0.15, 0.2) is 36.4 Å². The number of urea groups is 1. The predicted molar refractivity (Wildman–Crippen MR) is 89.7 cm³/mol. The Balaban J connectivity index is 1.85. The van der Waals surface area contributed by atoms with Crippen LogP contribution in [-0.2, 0) is 0 Å². The van der Waals surface area contributed by atoms with Crippen LogP contribution in [0.1, 0.15) is 5.56 Å². The van der Waals surface area contributed by atoms with Crippen molar-refractivity contribution >= 4 is 40.6 Å². The monoisotopic (exact) mass is 339 g/mol. The molecule has 0 aliphatic heterocycles. The van der Waals surface area contributed by atoms with Crippen LogP contribution in [0.3, 0.4) is 0 Å². The molecule has 7 heteroatoms. The smallest absolute Gasteiger partial charge is 0.321 e. The second kappa shape index (κ2) is 7.24. The van der Waals surface area contributed by atoms with E-state index in [4.69, 9.17) is 33.7 Å². The molecule has 4 N–H and O–H groups in total. The molecule has 0 fully saturated rings. The third-order valence-electron chi connectivity index (χ3n) is 2.81. The van der Waals surface area contributed by atoms with E-state index in [2.05, 4.69) is 10.6 Å². The summed E-state index contributed by atoms with van der Waals surface area (Å²) >= 11 is 11.7. The number of anilines is 2. The molecule has 0 saturated carbocycles. The summed E-state index contributed by atoms with van der Waals surface area (Å²) in [6.45, 7) is 1.88. The molecular weight excluding hydrogens is 325 g/mol. The lowest BCUT2D eigenvalue weighted by molar-refractivity contribution is 0.235. The highest BCUT2D eigenvalue weighted by Gasteiger charge is 2.06. The van der Waals surface area contributed by atoms with E-state index in [0.29, 0.717) is 27.2 Å². The second-order valence-electron chi connectivity index (χ2n) is 4.59. The molecule has 0 heterocycles. The van der Waals surface area contributed by atoms with Crippen molar-refractivity contribution in [2.45, 2.75) is 6.92 Å². The Kier molecular flexibility index (Phi) is 5.35. The number of carbonyl (C=O) groups excluding carboxylic acids is 1. The normalized spacial score (nSPS) is 10.1. The Morgan fingerprint density at radius 3 is 2.68 bits per heavy atom. The van der Waals surface area contributed by atoms with Gasteiger partial charge in [0.15, 0.2) is 6.73 Å². The molecular formula is C15H15Cl2N3O2. The summed E-state index contributed by atoms with van der Waals surface area (Å²) in [5.41, 5.74) is 7.87. The quantitative estimate of drug-likeness (QED) is 0.581. The molecule has 116 valence electrons. The number of rotatable bonds is 4. The molecule has 2 aromatic rings. The first kappa shape index (κ1) is 16.3. The number of ether oxygens (including phenoxy) is 1. The highest BCUT2D eigenvalue weighted by Crippen LogP contribution is 2.27. The zero-order chi connectivity index (χ0) is 16.1. The molecule has 5 nitrogen and oxygen atoms in total. The van der Waals surface area contributed by atoms with Crippen molar-refractivity contribution in [1.82, 2.24) is 5.32 Å². The molecule has 0 spiro atoms. The molecule has 0 aromatic heterocycles. The van der Waals surface area contributed by atoms with Crippen molar-refractivity contribution in [3.8, 4) is 5.75 Å². The largest absolute Gasteiger partial charge is 0.472 e. The van der Waals surface area contributed by atoms with Gasteiger partial charge in [0.25, 0.3) is 0 Å². The topological polar surface area (TPSA) is 76.4 Å². The Morgan fingerprint density at radius 1 is 1.23 bits per heavy atom. The van der Waals surface area contributed by atoms with Gasteiger partial charge in [0.05, 0.1) is 16.4 Å². The lowest BCUT2D eigenvalue weighted by atomic mass is 10.2. The van der Waals surface area contributed by atoms with E-state index >= 15 is 0 Å². The van der Waals surface area contributed by atoms with Crippen LogP contribution in [0.2, 0.25) is 10.0 Å². The second-order valence-corrected chi connectivity index (χ2v) is 5.43. The van der Waals surface area contributed by atoms with E-state index in [1.165, 1.54) is 0 Å². The molecule has 0 radical (unpaired) electrons. The summed E-state index contributed by atoms with van der Waals surface area (Å²) < 4.78 is 5.36. The number of hydrogen-bond acceptors (Lipinski definition) is 3. The average molecular weight is 340 g/mol. The molecule has 0 aliphatic rings. The van der Waals surface area contributed by atoms with Crippen LogP contribution in [0, 0.1) is 6.92 Å². The molecule has 2 rings (SSSR count). The third-order valence-corrected chi connectivity index (χ3v) is 3.34. The van der Waals surface area contributed by atoms with Crippen LogP contribution in [0.5, 0.6) is 5.75 Å². The number of nitrogens with one attached hydrogen (secondary N) is 2. The summed E-state index contributed by atoms with van der Waals surface area (Å²) in [5.74, 6) is 0.432. The fourth-order valence-corrected chi connectivity index (χ4v) is 2.20. The fourth-order valence-electron chi connectivity index (χ4n) is 1.73. The van der Waals surface area contributed by atoms with E-state index in [1.807, 2.05) is 13.0 Å². The van der Waals surface area contributed by atoms with Gasteiger partial charge in [-0.3, -0.25) is 0 Å². The number of nitrogen functional groups attached to an aromatic ring is 1. The van der Waals surface area contributed by atoms with Gasteiger partial charge in [0.1, 0.15) is 5.75 Å². The number of nitrogens with two attached hydrogens (primary N) is 1. The Bertz CT molecular complexity index is 692. The van der Waals surface area contributed by atoms with Crippen LogP contribution in [0.4, 0.5) is 16.2 Å². The van der Waals surface area contributed by atoms with Gasteiger partial charge in [-0.2, -0.15) is 0 Å². The Hall–Kier alpha value is -2.11. The highest BCUT2D eigenvalue weighted by molar-refractivity contribution is 6.35. The number of halogens is 2. The SMILES string of the molecule is Cc1ccc(NC(=O)NCOc2ccc(Cl)cc2Cl)c(N)c1. The number of hydrogen-bond donors (Lipinski definition) is 3. The summed E-state index contributed by atoms with van der Waals surface area (Å²) in [6.07, 6.45) is 0. The predicted octanol–water partition coefficient (Wildman–Crippen LogP) is 4.04. The lowest BCUT2D eigenvalue weighted by Gasteiger charge is -2.12. The number of aryl methyl sites for hydroxylation is 1. The molecule has 0 atom stereocenters. The number of amides is 2. The van der Waals surface area contributed by atoms with Crippen molar-refractivity contribution < 1.29 is 9.53 Å². The minimum atomic E-state index is -0.430. The maximum absolute atomic E-state index is 11.8. The van der Waals surface area contributed by atoms with Gasteiger partial charge in [-0.05, 0) is 42.8 Å². The van der Waals surface area contributed by atoms with E-state index in [9.17, 15) is 4.79 Å². The van der Waals surface area contributed by atoms with Gasteiger partial charge in [-0.1, -0.05) is 29.3 Å². The van der Waals surface area contributed by atoms with Crippen molar-refractivity contribution in [2.75, 3.05) is 17.8 Å². The van der Waals surface area contributed by atoms with Gasteiger partial charge in [0, 0.05) is 5.02 Å². The van der Waals surface area contributed by atoms with Crippen LogP contribution in [0.25, 0.3) is 0 Å². The minimum Gasteiger partial charge on any atom is -0.472 e. The van der Waals surface area contributed by atoms with Crippen molar-refractivity contribution in [1.29, 1.82) is 0 Å². The molecule has 0 saturated heterocycles. The fraction of sp³-hybridized carbons (Fsp3) is 0.133. The van der Waals surface area contributed by atoms with Gasteiger partial charge in [-0.25, -0.2) is 4.79 Å². The Morgan fingerprint density at radius 2 is 2.00 bits per heavy atom. The highest BCUT2D eigenvalue weighted by atomic mass is 35.5. The maximum atomic E-state index is 11.8. The molecule has 2 amide bonds. The summed E-state index contributed by atoms with van der Waals surface area (Å²) in [5, 5.41) is 6.07. The van der Waals surface area contributed by atoms with Crippen LogP contribution < -0.4 is 21.1 Å². The third kappa shape index (κ3) is 4.44. The van der Waals surface area contributed by atoms with Gasteiger partial charge >= 0.3 is 6.03 Å². The van der Waals surface area contributed by atoms with E-state index in [0.717, 1.165) is 5.56 Å². The molecule has 0 bridgehead atoms. The maximum Gasteiger partial charge on any atom is 0.321 e. The first-order chi connectivity index (χ1) is 10.5. The summed E-state index contributed by atoms with van der Waals surface area (Å²) in [7, 11) is 0. The van der Waals surface area contributed by atoms with Gasteiger partial charge in [-0.15, -0.1) is 0 Å². The first-order valence-corrected chi connectivity index (χ1v) is 7.20. The standard InChI is InChI=1S/C15H15Cl2N3O2/c1-9-2-4-13(12(18)6-9)20-15(21)19-8-22-14-5-3-10(16)7-11(14)17/h2-7H,8,18H2,1H3,(H2,19,20,21). The molecule has 0 aliphatic carbocycles. The zero-order valence-corrected chi connectivity index (χ0v) is 13.3. The zero-order valence-electron chi connectivity index (χ0n) is 11.8. The Labute approximate surface area is 138 Å². The molecule has 0 unspecified atom stereocenters. The molecule has 2 aromatic carbocycles.